The minimum Gasteiger partial charge on any atom is -0.352 e. The second kappa shape index (κ2) is 5.57. The lowest BCUT2D eigenvalue weighted by Gasteiger charge is -2.04. The highest BCUT2D eigenvalue weighted by Crippen LogP contribution is 2.01. The van der Waals surface area contributed by atoms with E-state index in [0.29, 0.717) is 5.92 Å². The van der Waals surface area contributed by atoms with Crippen LogP contribution in [0.3, 0.4) is 0 Å². The smallest absolute Gasteiger partial charge is 0.244 e. The minimum absolute atomic E-state index is 0.00519. The van der Waals surface area contributed by atoms with E-state index in [1.807, 2.05) is 6.92 Å². The van der Waals surface area contributed by atoms with Crippen molar-refractivity contribution >= 4 is 28.5 Å². The van der Waals surface area contributed by atoms with Crippen molar-refractivity contribution in [1.82, 2.24) is 5.32 Å². The summed E-state index contributed by atoms with van der Waals surface area (Å²) in [5.74, 6) is 0.521. The van der Waals surface area contributed by atoms with E-state index in [9.17, 15) is 4.79 Å². The van der Waals surface area contributed by atoms with Gasteiger partial charge in [-0.2, -0.15) is 0 Å². The molecule has 11 heavy (non-hydrogen) atoms. The fraction of sp³-hybridized carbons (Fsp3) is 0.625. The molecule has 0 aromatic rings. The third-order valence-corrected chi connectivity index (χ3v) is 1.33. The van der Waals surface area contributed by atoms with Crippen LogP contribution in [-0.4, -0.2) is 12.5 Å². The summed E-state index contributed by atoms with van der Waals surface area (Å²) in [5, 5.41) is 2.79. The number of carbonyl (C=O) groups excluding carboxylic acids is 1. The third kappa shape index (κ3) is 7.84. The van der Waals surface area contributed by atoms with Crippen LogP contribution in [-0.2, 0) is 4.79 Å². The molecule has 0 aliphatic carbocycles. The van der Waals surface area contributed by atoms with Crippen LogP contribution in [0.4, 0.5) is 0 Å². The standard InChI is InChI=1S/C8H14INO/c1-6(2)5-10-8(11)4-7(3)9/h4,6H,5H2,1-3H3,(H,10,11)/b7-4-. The molecule has 0 saturated heterocycles. The van der Waals surface area contributed by atoms with Crippen LogP contribution >= 0.6 is 22.6 Å². The van der Waals surface area contributed by atoms with E-state index in [1.165, 1.54) is 0 Å². The first-order chi connectivity index (χ1) is 5.02. The average molecular weight is 267 g/mol. The molecule has 0 bridgehead atoms. The number of rotatable bonds is 3. The van der Waals surface area contributed by atoms with E-state index in [4.69, 9.17) is 0 Å². The van der Waals surface area contributed by atoms with Gasteiger partial charge in [-0.15, -0.1) is 0 Å². The van der Waals surface area contributed by atoms with Crippen molar-refractivity contribution in [1.29, 1.82) is 0 Å². The maximum atomic E-state index is 11.0. The normalized spacial score (nSPS) is 11.9. The molecule has 0 radical (unpaired) electrons. The van der Waals surface area contributed by atoms with Crippen LogP contribution in [0, 0.1) is 5.92 Å². The number of amides is 1. The molecule has 0 fully saturated rings. The van der Waals surface area contributed by atoms with Crippen molar-refractivity contribution in [3.63, 3.8) is 0 Å². The van der Waals surface area contributed by atoms with Crippen LogP contribution in [0.1, 0.15) is 20.8 Å². The van der Waals surface area contributed by atoms with Gasteiger partial charge in [0.15, 0.2) is 0 Å². The monoisotopic (exact) mass is 267 g/mol. The van der Waals surface area contributed by atoms with Crippen LogP contribution in [0.15, 0.2) is 9.66 Å². The van der Waals surface area contributed by atoms with Gasteiger partial charge in [0.05, 0.1) is 0 Å². The molecular weight excluding hydrogens is 253 g/mol. The molecule has 2 nitrogen and oxygen atoms in total. The summed E-state index contributed by atoms with van der Waals surface area (Å²) >= 11 is 2.11. The van der Waals surface area contributed by atoms with E-state index in [2.05, 4.69) is 41.8 Å². The summed E-state index contributed by atoms with van der Waals surface area (Å²) in [7, 11) is 0. The lowest BCUT2D eigenvalue weighted by molar-refractivity contribution is -0.116. The Labute approximate surface area is 81.6 Å². The van der Waals surface area contributed by atoms with Gasteiger partial charge in [0.1, 0.15) is 0 Å². The summed E-state index contributed by atoms with van der Waals surface area (Å²) in [6.45, 7) is 6.79. The molecule has 0 spiro atoms. The summed E-state index contributed by atoms with van der Waals surface area (Å²) in [6, 6.07) is 0. The fourth-order valence-corrected chi connectivity index (χ4v) is 0.819. The maximum Gasteiger partial charge on any atom is 0.244 e. The van der Waals surface area contributed by atoms with Crippen molar-refractivity contribution in [2.24, 2.45) is 5.92 Å². The largest absolute Gasteiger partial charge is 0.352 e. The van der Waals surface area contributed by atoms with Crippen LogP contribution < -0.4 is 5.32 Å². The Morgan fingerprint density at radius 2 is 2.18 bits per heavy atom. The lowest BCUT2D eigenvalue weighted by atomic mass is 10.2. The Morgan fingerprint density at radius 3 is 2.55 bits per heavy atom. The number of allylic oxidation sites excluding steroid dienone is 1. The quantitative estimate of drug-likeness (QED) is 0.615. The SMILES string of the molecule is C/C(I)=C/C(=O)NCC(C)C. The van der Waals surface area contributed by atoms with Crippen molar-refractivity contribution < 1.29 is 4.79 Å². The predicted molar refractivity (Wildman–Crippen MR) is 55.6 cm³/mol. The average Bonchev–Trinajstić information content (AvgIpc) is 1.82. The minimum atomic E-state index is 0.00519. The molecule has 0 heterocycles. The van der Waals surface area contributed by atoms with Crippen molar-refractivity contribution in [3.8, 4) is 0 Å². The Morgan fingerprint density at radius 1 is 1.64 bits per heavy atom. The van der Waals surface area contributed by atoms with E-state index >= 15 is 0 Å². The lowest BCUT2D eigenvalue weighted by Crippen LogP contribution is -2.25. The van der Waals surface area contributed by atoms with Gasteiger partial charge in [-0.1, -0.05) is 13.8 Å². The number of carbonyl (C=O) groups is 1. The molecule has 0 aromatic heterocycles. The summed E-state index contributed by atoms with van der Waals surface area (Å²) in [6.07, 6.45) is 1.60. The molecule has 0 saturated carbocycles. The maximum absolute atomic E-state index is 11.0. The highest BCUT2D eigenvalue weighted by Gasteiger charge is 1.97. The van der Waals surface area contributed by atoms with Gasteiger partial charge in [-0.3, -0.25) is 4.79 Å². The molecule has 1 N–H and O–H groups in total. The van der Waals surface area contributed by atoms with Gasteiger partial charge in [-0.05, 0) is 39.0 Å². The molecule has 0 unspecified atom stereocenters. The van der Waals surface area contributed by atoms with Crippen LogP contribution in [0.2, 0.25) is 0 Å². The van der Waals surface area contributed by atoms with Crippen molar-refractivity contribution in [2.45, 2.75) is 20.8 Å². The molecule has 0 rings (SSSR count). The topological polar surface area (TPSA) is 29.1 Å². The fourth-order valence-electron chi connectivity index (χ4n) is 0.536. The number of hydrogen-bond acceptors (Lipinski definition) is 1. The molecule has 1 amide bonds. The molecule has 0 aliphatic rings. The Balaban J connectivity index is 3.63. The summed E-state index contributed by atoms with van der Waals surface area (Å²) in [5.41, 5.74) is 0. The van der Waals surface area contributed by atoms with Gasteiger partial charge in [0, 0.05) is 12.6 Å². The Bertz CT molecular complexity index is 159. The zero-order chi connectivity index (χ0) is 8.85. The van der Waals surface area contributed by atoms with E-state index < -0.39 is 0 Å². The Hall–Kier alpha value is -0.0600. The summed E-state index contributed by atoms with van der Waals surface area (Å²) < 4.78 is 1.00. The second-order valence-electron chi connectivity index (χ2n) is 2.87. The van der Waals surface area contributed by atoms with Gasteiger partial charge < -0.3 is 5.32 Å². The third-order valence-electron chi connectivity index (χ3n) is 1.01. The Kier molecular flexibility index (Phi) is 5.54. The first-order valence-corrected chi connectivity index (χ1v) is 4.72. The van der Waals surface area contributed by atoms with Gasteiger partial charge >= 0.3 is 0 Å². The van der Waals surface area contributed by atoms with E-state index in [-0.39, 0.29) is 5.91 Å². The summed E-state index contributed by atoms with van der Waals surface area (Å²) in [4.78, 5) is 11.0. The molecular formula is C8H14INO. The first kappa shape index (κ1) is 10.9. The van der Waals surface area contributed by atoms with Gasteiger partial charge in [0.25, 0.3) is 0 Å². The predicted octanol–water partition coefficient (Wildman–Crippen LogP) is 2.10. The van der Waals surface area contributed by atoms with Gasteiger partial charge in [0.2, 0.25) is 5.91 Å². The molecule has 0 aliphatic heterocycles. The zero-order valence-corrected chi connectivity index (χ0v) is 9.31. The van der Waals surface area contributed by atoms with Crippen LogP contribution in [0.5, 0.6) is 0 Å². The van der Waals surface area contributed by atoms with Crippen LogP contribution in [0.25, 0.3) is 0 Å². The molecule has 0 aromatic carbocycles. The number of halogens is 1. The van der Waals surface area contributed by atoms with Crippen molar-refractivity contribution in [2.75, 3.05) is 6.54 Å². The second-order valence-corrected chi connectivity index (χ2v) is 4.57. The zero-order valence-electron chi connectivity index (χ0n) is 7.15. The number of nitrogens with one attached hydrogen (secondary N) is 1. The van der Waals surface area contributed by atoms with E-state index in [1.54, 1.807) is 6.08 Å². The molecule has 0 atom stereocenters. The highest BCUT2D eigenvalue weighted by atomic mass is 127. The van der Waals surface area contributed by atoms with Crippen molar-refractivity contribution in [3.05, 3.63) is 9.66 Å². The highest BCUT2D eigenvalue weighted by molar-refractivity contribution is 14.1. The molecule has 3 heteroatoms. The van der Waals surface area contributed by atoms with E-state index in [0.717, 1.165) is 10.1 Å². The molecule has 64 valence electrons. The van der Waals surface area contributed by atoms with Gasteiger partial charge in [-0.25, -0.2) is 0 Å². The first-order valence-electron chi connectivity index (χ1n) is 3.64. The number of hydrogen-bond donors (Lipinski definition) is 1.